The van der Waals surface area contributed by atoms with Crippen molar-refractivity contribution in [3.63, 3.8) is 0 Å². The van der Waals surface area contributed by atoms with E-state index in [1.165, 1.54) is 0 Å². The van der Waals surface area contributed by atoms with Crippen LogP contribution in [0.3, 0.4) is 0 Å². The molecule has 0 spiro atoms. The van der Waals surface area contributed by atoms with Crippen molar-refractivity contribution in [3.05, 3.63) is 34.2 Å². The predicted octanol–water partition coefficient (Wildman–Crippen LogP) is 2.75. The molecule has 0 radical (unpaired) electrons. The zero-order chi connectivity index (χ0) is 7.84. The average molecular weight is 231 g/mol. The lowest BCUT2D eigenvalue weighted by Gasteiger charge is -1.96. The first-order valence-electron chi connectivity index (χ1n) is 3.05. The van der Waals surface area contributed by atoms with E-state index in [2.05, 4.69) is 20.9 Å². The third-order valence-electron chi connectivity index (χ3n) is 1.42. The molecular formula is C7H4BrClN2. The molecule has 0 fully saturated rings. The van der Waals surface area contributed by atoms with Crippen LogP contribution < -0.4 is 0 Å². The number of hydrogen-bond donors (Lipinski definition) is 0. The van der Waals surface area contributed by atoms with Gasteiger partial charge in [0, 0.05) is 16.9 Å². The topological polar surface area (TPSA) is 17.3 Å². The summed E-state index contributed by atoms with van der Waals surface area (Å²) in [5.41, 5.74) is 0.851. The lowest BCUT2D eigenvalue weighted by Crippen LogP contribution is -1.84. The first-order valence-corrected chi connectivity index (χ1v) is 4.22. The van der Waals surface area contributed by atoms with Crippen LogP contribution in [0.2, 0.25) is 5.15 Å². The number of nitrogens with zero attached hydrogens (tertiary/aromatic N) is 2. The van der Waals surface area contributed by atoms with Crippen molar-refractivity contribution in [2.75, 3.05) is 0 Å². The summed E-state index contributed by atoms with van der Waals surface area (Å²) in [5, 5.41) is 0.659. The molecule has 0 atom stereocenters. The van der Waals surface area contributed by atoms with Crippen LogP contribution in [-0.2, 0) is 0 Å². The molecule has 4 heteroatoms. The van der Waals surface area contributed by atoms with Crippen molar-refractivity contribution in [2.24, 2.45) is 0 Å². The summed E-state index contributed by atoms with van der Waals surface area (Å²) in [6.45, 7) is 0. The molecule has 11 heavy (non-hydrogen) atoms. The highest BCUT2D eigenvalue weighted by Gasteiger charge is 1.98. The maximum absolute atomic E-state index is 5.90. The quantitative estimate of drug-likeness (QED) is 0.637. The van der Waals surface area contributed by atoms with E-state index in [-0.39, 0.29) is 0 Å². The lowest BCUT2D eigenvalue weighted by molar-refractivity contribution is 1.18. The van der Waals surface area contributed by atoms with Gasteiger partial charge in [-0.05, 0) is 12.1 Å². The van der Waals surface area contributed by atoms with E-state index in [9.17, 15) is 0 Å². The fraction of sp³-hybridized carbons (Fsp3) is 0. The fourth-order valence-electron chi connectivity index (χ4n) is 0.951. The smallest absolute Gasteiger partial charge is 0.138 e. The second-order valence-corrected chi connectivity index (χ2v) is 3.45. The average Bonchev–Trinajstić information content (AvgIpc) is 2.34. The van der Waals surface area contributed by atoms with Crippen LogP contribution in [0.5, 0.6) is 0 Å². The zero-order valence-corrected chi connectivity index (χ0v) is 7.80. The summed E-state index contributed by atoms with van der Waals surface area (Å²) in [5.74, 6) is 0. The highest BCUT2D eigenvalue weighted by molar-refractivity contribution is 9.10. The molecule has 0 aliphatic carbocycles. The molecule has 0 saturated heterocycles. The number of rotatable bonds is 0. The summed E-state index contributed by atoms with van der Waals surface area (Å²) < 4.78 is 2.76. The number of fused-ring (bicyclic) bond motifs is 1. The molecule has 2 heterocycles. The molecule has 0 saturated carbocycles. The molecular weight excluding hydrogens is 227 g/mol. The van der Waals surface area contributed by atoms with E-state index < -0.39 is 0 Å². The van der Waals surface area contributed by atoms with Gasteiger partial charge in [-0.15, -0.1) is 0 Å². The highest BCUT2D eigenvalue weighted by Crippen LogP contribution is 2.18. The van der Waals surface area contributed by atoms with Gasteiger partial charge in [0.25, 0.3) is 0 Å². The van der Waals surface area contributed by atoms with Gasteiger partial charge < -0.3 is 0 Å². The number of aromatic nitrogens is 2. The van der Waals surface area contributed by atoms with Gasteiger partial charge in [-0.25, -0.2) is 4.98 Å². The second-order valence-electron chi connectivity index (χ2n) is 2.15. The fourth-order valence-corrected chi connectivity index (χ4v) is 1.76. The van der Waals surface area contributed by atoms with E-state index in [0.29, 0.717) is 5.15 Å². The Kier molecular flexibility index (Phi) is 1.62. The Bertz CT molecular complexity index is 396. The van der Waals surface area contributed by atoms with Gasteiger partial charge in [0.05, 0.1) is 0 Å². The van der Waals surface area contributed by atoms with E-state index in [1.807, 2.05) is 22.7 Å². The largest absolute Gasteiger partial charge is 0.290 e. The molecule has 0 aliphatic heterocycles. The zero-order valence-electron chi connectivity index (χ0n) is 5.46. The SMILES string of the molecule is Clc1cc(Br)cc2nccn12. The van der Waals surface area contributed by atoms with Gasteiger partial charge in [-0.3, -0.25) is 4.40 Å². The van der Waals surface area contributed by atoms with Crippen molar-refractivity contribution in [2.45, 2.75) is 0 Å². The lowest BCUT2D eigenvalue weighted by atomic mass is 10.5. The van der Waals surface area contributed by atoms with Gasteiger partial charge in [0.15, 0.2) is 0 Å². The van der Waals surface area contributed by atoms with Gasteiger partial charge in [-0.1, -0.05) is 27.5 Å². The molecule has 56 valence electrons. The summed E-state index contributed by atoms with van der Waals surface area (Å²) in [6.07, 6.45) is 3.54. The number of imidazole rings is 1. The third-order valence-corrected chi connectivity index (χ3v) is 2.17. The Hall–Kier alpha value is -0.540. The van der Waals surface area contributed by atoms with E-state index in [1.54, 1.807) is 6.20 Å². The Balaban J connectivity index is 2.91. The standard InChI is InChI=1S/C7H4BrClN2/c8-5-3-6(9)11-2-1-10-7(11)4-5/h1-4H. The number of pyridine rings is 1. The minimum absolute atomic E-state index is 0.659. The highest BCUT2D eigenvalue weighted by atomic mass is 79.9. The van der Waals surface area contributed by atoms with Crippen molar-refractivity contribution in [1.29, 1.82) is 0 Å². The van der Waals surface area contributed by atoms with Gasteiger partial charge >= 0.3 is 0 Å². The molecule has 2 aromatic rings. The van der Waals surface area contributed by atoms with Crippen molar-refractivity contribution in [1.82, 2.24) is 9.38 Å². The summed E-state index contributed by atoms with van der Waals surface area (Å²) >= 11 is 9.23. The molecule has 2 rings (SSSR count). The Morgan fingerprint density at radius 1 is 1.45 bits per heavy atom. The first kappa shape index (κ1) is 7.13. The second kappa shape index (κ2) is 2.50. The first-order chi connectivity index (χ1) is 5.27. The van der Waals surface area contributed by atoms with Crippen molar-refractivity contribution < 1.29 is 0 Å². The number of halogens is 2. The van der Waals surface area contributed by atoms with Crippen LogP contribution in [0.15, 0.2) is 29.0 Å². The maximum atomic E-state index is 5.90. The van der Waals surface area contributed by atoms with Crippen LogP contribution in [0, 0.1) is 0 Å². The molecule has 2 nitrogen and oxygen atoms in total. The van der Waals surface area contributed by atoms with E-state index in [4.69, 9.17) is 11.6 Å². The van der Waals surface area contributed by atoms with E-state index in [0.717, 1.165) is 10.1 Å². The van der Waals surface area contributed by atoms with E-state index >= 15 is 0 Å². The molecule has 2 aromatic heterocycles. The van der Waals surface area contributed by atoms with Gasteiger partial charge in [-0.2, -0.15) is 0 Å². The number of hydrogen-bond acceptors (Lipinski definition) is 1. The Labute approximate surface area is 76.9 Å². The predicted molar refractivity (Wildman–Crippen MR) is 47.9 cm³/mol. The molecule has 0 aliphatic rings. The van der Waals surface area contributed by atoms with Gasteiger partial charge in [0.1, 0.15) is 10.8 Å². The van der Waals surface area contributed by atoms with Crippen LogP contribution in [0.1, 0.15) is 0 Å². The molecule has 0 bridgehead atoms. The maximum Gasteiger partial charge on any atom is 0.138 e. The molecule has 0 unspecified atom stereocenters. The van der Waals surface area contributed by atoms with Crippen LogP contribution in [0.4, 0.5) is 0 Å². The summed E-state index contributed by atoms with van der Waals surface area (Å²) in [6, 6.07) is 3.74. The molecule has 0 aromatic carbocycles. The minimum Gasteiger partial charge on any atom is -0.290 e. The Morgan fingerprint density at radius 3 is 3.09 bits per heavy atom. The normalized spacial score (nSPS) is 10.7. The van der Waals surface area contributed by atoms with Crippen LogP contribution in [0.25, 0.3) is 5.65 Å². The van der Waals surface area contributed by atoms with Crippen LogP contribution in [-0.4, -0.2) is 9.38 Å². The van der Waals surface area contributed by atoms with Crippen LogP contribution >= 0.6 is 27.5 Å². The minimum atomic E-state index is 0.659. The van der Waals surface area contributed by atoms with Crippen molar-refractivity contribution in [3.8, 4) is 0 Å². The Morgan fingerprint density at radius 2 is 2.27 bits per heavy atom. The summed E-state index contributed by atoms with van der Waals surface area (Å²) in [4.78, 5) is 4.09. The third kappa shape index (κ3) is 1.14. The molecule has 0 amide bonds. The monoisotopic (exact) mass is 230 g/mol. The van der Waals surface area contributed by atoms with Crippen molar-refractivity contribution >= 4 is 33.2 Å². The molecule has 0 N–H and O–H groups in total. The van der Waals surface area contributed by atoms with Gasteiger partial charge in [0.2, 0.25) is 0 Å². The summed E-state index contributed by atoms with van der Waals surface area (Å²) in [7, 11) is 0.